The zero-order chi connectivity index (χ0) is 16.3. The molecule has 7 nitrogen and oxygen atoms in total. The van der Waals surface area contributed by atoms with Crippen LogP contribution in [0.4, 0.5) is 5.82 Å². The summed E-state index contributed by atoms with van der Waals surface area (Å²) in [5.41, 5.74) is 0.386. The molecule has 0 bridgehead atoms. The van der Waals surface area contributed by atoms with Crippen LogP contribution in [0, 0.1) is 0 Å². The summed E-state index contributed by atoms with van der Waals surface area (Å²) in [6.07, 6.45) is 4.39. The smallest absolute Gasteiger partial charge is 0.256 e. The van der Waals surface area contributed by atoms with E-state index in [1.807, 2.05) is 0 Å². The highest BCUT2D eigenvalue weighted by molar-refractivity contribution is 7.89. The molecular weight excluding hydrogens is 316 g/mol. The van der Waals surface area contributed by atoms with E-state index < -0.39 is 10.0 Å². The van der Waals surface area contributed by atoms with Crippen molar-refractivity contribution < 1.29 is 13.2 Å². The summed E-state index contributed by atoms with van der Waals surface area (Å²) in [5, 5.41) is 9.02. The van der Waals surface area contributed by atoms with Gasteiger partial charge in [0, 0.05) is 24.7 Å². The number of nitrogens with zero attached hydrogens (tertiary/aromatic N) is 2. The Balaban J connectivity index is 1.74. The highest BCUT2D eigenvalue weighted by Gasteiger charge is 2.25. The van der Waals surface area contributed by atoms with Crippen LogP contribution in [0.2, 0.25) is 0 Å². The summed E-state index contributed by atoms with van der Waals surface area (Å²) < 4.78 is 26.6. The largest absolute Gasteiger partial charge is 0.307 e. The van der Waals surface area contributed by atoms with Gasteiger partial charge in [-0.25, -0.2) is 8.42 Å². The van der Waals surface area contributed by atoms with Crippen LogP contribution in [0.5, 0.6) is 0 Å². The van der Waals surface area contributed by atoms with Gasteiger partial charge in [0.15, 0.2) is 0 Å². The lowest BCUT2D eigenvalue weighted by atomic mass is 10.2. The SMILES string of the molecule is O=C(Nc1ccn[nH]1)c1ccc(S(=O)(=O)N2CCCCC2)cc1. The molecule has 0 atom stereocenters. The summed E-state index contributed by atoms with van der Waals surface area (Å²) in [5.74, 6) is 0.163. The van der Waals surface area contributed by atoms with Crippen LogP contribution in [0.15, 0.2) is 41.4 Å². The maximum Gasteiger partial charge on any atom is 0.256 e. The molecule has 0 spiro atoms. The van der Waals surface area contributed by atoms with Crippen molar-refractivity contribution in [2.45, 2.75) is 24.2 Å². The minimum Gasteiger partial charge on any atom is -0.307 e. The molecule has 1 aliphatic rings. The predicted molar refractivity (Wildman–Crippen MR) is 85.6 cm³/mol. The average Bonchev–Trinajstić information content (AvgIpc) is 3.09. The molecule has 0 saturated carbocycles. The minimum absolute atomic E-state index is 0.220. The molecule has 0 radical (unpaired) electrons. The molecule has 1 aromatic carbocycles. The summed E-state index contributed by atoms with van der Waals surface area (Å²) in [6.45, 7) is 1.12. The number of aromatic nitrogens is 2. The fraction of sp³-hybridized carbons (Fsp3) is 0.333. The molecule has 8 heteroatoms. The number of benzene rings is 1. The second-order valence-corrected chi connectivity index (χ2v) is 7.35. The maximum atomic E-state index is 12.5. The third-order valence-electron chi connectivity index (χ3n) is 3.82. The zero-order valence-corrected chi connectivity index (χ0v) is 13.3. The Hall–Kier alpha value is -2.19. The van der Waals surface area contributed by atoms with E-state index >= 15 is 0 Å². The van der Waals surface area contributed by atoms with Gasteiger partial charge in [-0.1, -0.05) is 6.42 Å². The fourth-order valence-electron chi connectivity index (χ4n) is 2.55. The van der Waals surface area contributed by atoms with E-state index in [0.29, 0.717) is 24.5 Å². The summed E-state index contributed by atoms with van der Waals surface area (Å²) >= 11 is 0. The van der Waals surface area contributed by atoms with E-state index in [0.717, 1.165) is 19.3 Å². The number of carbonyl (C=O) groups excluding carboxylic acids is 1. The molecule has 1 aliphatic heterocycles. The van der Waals surface area contributed by atoms with Crippen LogP contribution >= 0.6 is 0 Å². The summed E-state index contributed by atoms with van der Waals surface area (Å²) in [4.78, 5) is 12.3. The van der Waals surface area contributed by atoms with Gasteiger partial charge < -0.3 is 5.32 Å². The maximum absolute atomic E-state index is 12.5. The number of hydrogen-bond acceptors (Lipinski definition) is 4. The lowest BCUT2D eigenvalue weighted by Crippen LogP contribution is -2.35. The number of nitrogens with one attached hydrogen (secondary N) is 2. The first kappa shape index (κ1) is 15.7. The van der Waals surface area contributed by atoms with E-state index in [4.69, 9.17) is 0 Å². The van der Waals surface area contributed by atoms with Crippen molar-refractivity contribution in [3.05, 3.63) is 42.1 Å². The molecule has 23 heavy (non-hydrogen) atoms. The Morgan fingerprint density at radius 3 is 2.39 bits per heavy atom. The molecule has 2 heterocycles. The minimum atomic E-state index is -3.47. The van der Waals surface area contributed by atoms with Crippen LogP contribution in [0.25, 0.3) is 0 Å². The Morgan fingerprint density at radius 2 is 1.78 bits per heavy atom. The lowest BCUT2D eigenvalue weighted by molar-refractivity contribution is 0.102. The third-order valence-corrected chi connectivity index (χ3v) is 5.73. The average molecular weight is 334 g/mol. The van der Waals surface area contributed by atoms with E-state index in [1.165, 1.54) is 34.8 Å². The Morgan fingerprint density at radius 1 is 1.09 bits per heavy atom. The molecule has 0 aliphatic carbocycles. The molecular formula is C15H18N4O3S. The van der Waals surface area contributed by atoms with Gasteiger partial charge in [0.1, 0.15) is 5.82 Å². The van der Waals surface area contributed by atoms with Crippen molar-refractivity contribution in [1.29, 1.82) is 0 Å². The number of carbonyl (C=O) groups is 1. The van der Waals surface area contributed by atoms with Gasteiger partial charge in [0.05, 0.1) is 11.1 Å². The lowest BCUT2D eigenvalue weighted by Gasteiger charge is -2.25. The highest BCUT2D eigenvalue weighted by Crippen LogP contribution is 2.21. The second-order valence-electron chi connectivity index (χ2n) is 5.41. The number of hydrogen-bond donors (Lipinski definition) is 2. The predicted octanol–water partition coefficient (Wildman–Crippen LogP) is 1.84. The number of amides is 1. The van der Waals surface area contributed by atoms with Gasteiger partial charge in [0.25, 0.3) is 5.91 Å². The van der Waals surface area contributed by atoms with E-state index in [9.17, 15) is 13.2 Å². The normalized spacial score (nSPS) is 16.2. The molecule has 1 fully saturated rings. The van der Waals surface area contributed by atoms with Crippen LogP contribution < -0.4 is 5.32 Å². The van der Waals surface area contributed by atoms with Gasteiger partial charge in [-0.2, -0.15) is 9.40 Å². The van der Waals surface area contributed by atoms with Crippen molar-refractivity contribution in [1.82, 2.24) is 14.5 Å². The number of piperidine rings is 1. The first-order valence-corrected chi connectivity index (χ1v) is 8.92. The molecule has 2 aromatic rings. The Labute approximate surface area is 134 Å². The number of anilines is 1. The molecule has 2 N–H and O–H groups in total. The van der Waals surface area contributed by atoms with Crippen molar-refractivity contribution in [3.8, 4) is 0 Å². The first-order chi connectivity index (χ1) is 11.1. The molecule has 1 amide bonds. The van der Waals surface area contributed by atoms with Crippen molar-refractivity contribution in [3.63, 3.8) is 0 Å². The number of sulfonamides is 1. The van der Waals surface area contributed by atoms with Crippen LogP contribution in [0.3, 0.4) is 0 Å². The Bertz CT molecular complexity index is 764. The van der Waals surface area contributed by atoms with Gasteiger partial charge in [-0.3, -0.25) is 9.89 Å². The summed E-state index contributed by atoms with van der Waals surface area (Å²) in [6, 6.07) is 7.62. The van der Waals surface area contributed by atoms with Gasteiger partial charge in [-0.15, -0.1) is 0 Å². The second kappa shape index (κ2) is 6.51. The van der Waals surface area contributed by atoms with Gasteiger partial charge in [-0.05, 0) is 37.1 Å². The van der Waals surface area contributed by atoms with E-state index in [1.54, 1.807) is 6.07 Å². The third kappa shape index (κ3) is 3.43. The van der Waals surface area contributed by atoms with Crippen molar-refractivity contribution >= 4 is 21.7 Å². The van der Waals surface area contributed by atoms with Crippen LogP contribution in [0.1, 0.15) is 29.6 Å². The van der Waals surface area contributed by atoms with Crippen LogP contribution in [-0.4, -0.2) is 41.9 Å². The fourth-order valence-corrected chi connectivity index (χ4v) is 4.07. The Kier molecular flexibility index (Phi) is 4.44. The first-order valence-electron chi connectivity index (χ1n) is 7.48. The summed E-state index contributed by atoms with van der Waals surface area (Å²) in [7, 11) is -3.47. The quantitative estimate of drug-likeness (QED) is 0.892. The molecule has 0 unspecified atom stereocenters. The van der Waals surface area contributed by atoms with Gasteiger partial charge >= 0.3 is 0 Å². The van der Waals surface area contributed by atoms with Gasteiger partial charge in [0.2, 0.25) is 10.0 Å². The molecule has 1 saturated heterocycles. The number of rotatable bonds is 4. The molecule has 1 aromatic heterocycles. The number of aromatic amines is 1. The monoisotopic (exact) mass is 334 g/mol. The van der Waals surface area contributed by atoms with E-state index in [2.05, 4.69) is 15.5 Å². The standard InChI is InChI=1S/C15H18N4O3S/c20-15(17-14-8-9-16-18-14)12-4-6-13(7-5-12)23(21,22)19-10-2-1-3-11-19/h4-9H,1-3,10-11H2,(H2,16,17,18,20). The number of H-pyrrole nitrogens is 1. The van der Waals surface area contributed by atoms with Crippen LogP contribution in [-0.2, 0) is 10.0 Å². The highest BCUT2D eigenvalue weighted by atomic mass is 32.2. The zero-order valence-electron chi connectivity index (χ0n) is 12.5. The van der Waals surface area contributed by atoms with E-state index in [-0.39, 0.29) is 10.8 Å². The molecule has 122 valence electrons. The molecule has 3 rings (SSSR count). The van der Waals surface area contributed by atoms with Crippen molar-refractivity contribution in [2.24, 2.45) is 0 Å². The topological polar surface area (TPSA) is 95.2 Å². The van der Waals surface area contributed by atoms with Crippen molar-refractivity contribution in [2.75, 3.05) is 18.4 Å².